The van der Waals surface area contributed by atoms with Crippen LogP contribution < -0.4 is 11.1 Å². The molecule has 2 rings (SSSR count). The van der Waals surface area contributed by atoms with Crippen molar-refractivity contribution in [3.8, 4) is 0 Å². The highest BCUT2D eigenvalue weighted by Crippen LogP contribution is 2.08. The third kappa shape index (κ3) is 3.43. The standard InChI is InChI=1S/C11H21N3O2/c12-9-1-4-14(7-9)8-11(15)13-10-2-5-16-6-3-10/h9-10H,1-8,12H2,(H,13,15). The molecule has 0 aliphatic carbocycles. The number of likely N-dealkylation sites (tertiary alicyclic amines) is 1. The Morgan fingerprint density at radius 3 is 2.75 bits per heavy atom. The van der Waals surface area contributed by atoms with Gasteiger partial charge in [0.2, 0.25) is 5.91 Å². The summed E-state index contributed by atoms with van der Waals surface area (Å²) in [5, 5.41) is 3.06. The van der Waals surface area contributed by atoms with Crippen LogP contribution in [0.15, 0.2) is 0 Å². The summed E-state index contributed by atoms with van der Waals surface area (Å²) in [6.07, 6.45) is 2.88. The van der Waals surface area contributed by atoms with E-state index in [0.29, 0.717) is 12.6 Å². The Kier molecular flexibility index (Phi) is 4.15. The first-order valence-electron chi connectivity index (χ1n) is 6.09. The summed E-state index contributed by atoms with van der Waals surface area (Å²) < 4.78 is 5.25. The highest BCUT2D eigenvalue weighted by atomic mass is 16.5. The van der Waals surface area contributed by atoms with Crippen molar-refractivity contribution in [3.05, 3.63) is 0 Å². The highest BCUT2D eigenvalue weighted by molar-refractivity contribution is 5.78. The lowest BCUT2D eigenvalue weighted by molar-refractivity contribution is -0.123. The first kappa shape index (κ1) is 11.8. The highest BCUT2D eigenvalue weighted by Gasteiger charge is 2.22. The van der Waals surface area contributed by atoms with Crippen molar-refractivity contribution in [2.45, 2.75) is 31.3 Å². The third-order valence-corrected chi connectivity index (χ3v) is 3.26. The number of ether oxygens (including phenoxy) is 1. The second-order valence-electron chi connectivity index (χ2n) is 4.74. The van der Waals surface area contributed by atoms with Gasteiger partial charge in [-0.2, -0.15) is 0 Å². The Bertz CT molecular complexity index is 233. The molecule has 5 nitrogen and oxygen atoms in total. The molecule has 1 unspecified atom stereocenters. The lowest BCUT2D eigenvalue weighted by atomic mass is 10.1. The summed E-state index contributed by atoms with van der Waals surface area (Å²) in [4.78, 5) is 13.9. The van der Waals surface area contributed by atoms with Crippen LogP contribution in [0.2, 0.25) is 0 Å². The molecule has 0 saturated carbocycles. The minimum Gasteiger partial charge on any atom is -0.381 e. The summed E-state index contributed by atoms with van der Waals surface area (Å²) >= 11 is 0. The lowest BCUT2D eigenvalue weighted by Crippen LogP contribution is -2.44. The van der Waals surface area contributed by atoms with Gasteiger partial charge in [-0.05, 0) is 19.3 Å². The molecule has 2 aliphatic heterocycles. The van der Waals surface area contributed by atoms with E-state index in [-0.39, 0.29) is 11.9 Å². The fourth-order valence-corrected chi connectivity index (χ4v) is 2.32. The number of nitrogens with one attached hydrogen (secondary N) is 1. The average Bonchev–Trinajstić information content (AvgIpc) is 2.65. The predicted octanol–water partition coefficient (Wildman–Crippen LogP) is -0.685. The first-order chi connectivity index (χ1) is 7.74. The molecule has 0 aromatic heterocycles. The van der Waals surface area contributed by atoms with Crippen LogP contribution in [0.5, 0.6) is 0 Å². The molecule has 16 heavy (non-hydrogen) atoms. The predicted molar refractivity (Wildman–Crippen MR) is 61.0 cm³/mol. The maximum absolute atomic E-state index is 11.7. The molecule has 1 atom stereocenters. The van der Waals surface area contributed by atoms with E-state index in [4.69, 9.17) is 10.5 Å². The summed E-state index contributed by atoms with van der Waals surface area (Å²) in [5.74, 6) is 0.126. The van der Waals surface area contributed by atoms with Gasteiger partial charge >= 0.3 is 0 Å². The van der Waals surface area contributed by atoms with Gasteiger partial charge < -0.3 is 15.8 Å². The van der Waals surface area contributed by atoms with Gasteiger partial charge in [-0.3, -0.25) is 9.69 Å². The SMILES string of the molecule is NC1CCN(CC(=O)NC2CCOCC2)C1. The van der Waals surface area contributed by atoms with E-state index in [0.717, 1.165) is 45.6 Å². The van der Waals surface area contributed by atoms with E-state index >= 15 is 0 Å². The van der Waals surface area contributed by atoms with Crippen molar-refractivity contribution in [1.29, 1.82) is 0 Å². The van der Waals surface area contributed by atoms with Crippen LogP contribution in [-0.2, 0) is 9.53 Å². The molecule has 2 fully saturated rings. The summed E-state index contributed by atoms with van der Waals surface area (Å²) in [5.41, 5.74) is 5.80. The molecule has 1 amide bonds. The molecule has 0 spiro atoms. The van der Waals surface area contributed by atoms with Crippen LogP contribution in [0.4, 0.5) is 0 Å². The van der Waals surface area contributed by atoms with Gasteiger partial charge in [-0.25, -0.2) is 0 Å². The molecule has 0 bridgehead atoms. The Labute approximate surface area is 96.3 Å². The van der Waals surface area contributed by atoms with Gasteiger partial charge in [0.15, 0.2) is 0 Å². The third-order valence-electron chi connectivity index (χ3n) is 3.26. The van der Waals surface area contributed by atoms with Gasteiger partial charge in [0.1, 0.15) is 0 Å². The summed E-state index contributed by atoms with van der Waals surface area (Å²) in [7, 11) is 0. The van der Waals surface area contributed by atoms with Gasteiger partial charge in [-0.15, -0.1) is 0 Å². The molecular formula is C11H21N3O2. The van der Waals surface area contributed by atoms with E-state index < -0.39 is 0 Å². The number of rotatable bonds is 3. The molecular weight excluding hydrogens is 206 g/mol. The van der Waals surface area contributed by atoms with Crippen molar-refractivity contribution >= 4 is 5.91 Å². The minimum absolute atomic E-state index is 0.126. The van der Waals surface area contributed by atoms with Crippen molar-refractivity contribution in [2.24, 2.45) is 5.73 Å². The van der Waals surface area contributed by atoms with Crippen LogP contribution in [-0.4, -0.2) is 55.7 Å². The maximum atomic E-state index is 11.7. The fraction of sp³-hybridized carbons (Fsp3) is 0.909. The zero-order valence-electron chi connectivity index (χ0n) is 9.65. The van der Waals surface area contributed by atoms with Gasteiger partial charge in [-0.1, -0.05) is 0 Å². The molecule has 5 heteroatoms. The number of hydrogen-bond donors (Lipinski definition) is 2. The quantitative estimate of drug-likeness (QED) is 0.670. The molecule has 0 aromatic carbocycles. The van der Waals surface area contributed by atoms with E-state index in [1.807, 2.05) is 0 Å². The Balaban J connectivity index is 1.67. The van der Waals surface area contributed by atoms with Crippen LogP contribution >= 0.6 is 0 Å². The number of nitrogens with two attached hydrogens (primary N) is 1. The number of carbonyl (C=O) groups is 1. The Hall–Kier alpha value is -0.650. The van der Waals surface area contributed by atoms with Crippen LogP contribution in [0.25, 0.3) is 0 Å². The Morgan fingerprint density at radius 1 is 1.38 bits per heavy atom. The van der Waals surface area contributed by atoms with Crippen molar-refractivity contribution in [1.82, 2.24) is 10.2 Å². The lowest BCUT2D eigenvalue weighted by Gasteiger charge is -2.24. The van der Waals surface area contributed by atoms with Gasteiger partial charge in [0, 0.05) is 38.4 Å². The van der Waals surface area contributed by atoms with E-state index in [9.17, 15) is 4.79 Å². The van der Waals surface area contributed by atoms with E-state index in [2.05, 4.69) is 10.2 Å². The summed E-state index contributed by atoms with van der Waals surface area (Å²) in [6.45, 7) is 3.81. The number of carbonyl (C=O) groups excluding carboxylic acids is 1. The molecule has 2 aliphatic rings. The molecule has 0 radical (unpaired) electrons. The van der Waals surface area contributed by atoms with Crippen LogP contribution in [0.3, 0.4) is 0 Å². The second-order valence-corrected chi connectivity index (χ2v) is 4.74. The fourth-order valence-electron chi connectivity index (χ4n) is 2.32. The minimum atomic E-state index is 0.126. The zero-order valence-corrected chi connectivity index (χ0v) is 9.65. The zero-order chi connectivity index (χ0) is 11.4. The van der Waals surface area contributed by atoms with Crippen molar-refractivity contribution in [2.75, 3.05) is 32.8 Å². The molecule has 92 valence electrons. The second kappa shape index (κ2) is 5.61. The number of nitrogens with zero attached hydrogens (tertiary/aromatic N) is 1. The van der Waals surface area contributed by atoms with Crippen LogP contribution in [0, 0.1) is 0 Å². The molecule has 3 N–H and O–H groups in total. The van der Waals surface area contributed by atoms with E-state index in [1.54, 1.807) is 0 Å². The van der Waals surface area contributed by atoms with Crippen LogP contribution in [0.1, 0.15) is 19.3 Å². The first-order valence-corrected chi connectivity index (χ1v) is 6.09. The summed E-state index contributed by atoms with van der Waals surface area (Å²) in [6, 6.07) is 0.549. The normalized spacial score (nSPS) is 28.2. The topological polar surface area (TPSA) is 67.6 Å². The average molecular weight is 227 g/mol. The maximum Gasteiger partial charge on any atom is 0.234 e. The smallest absolute Gasteiger partial charge is 0.234 e. The number of amides is 1. The van der Waals surface area contributed by atoms with E-state index in [1.165, 1.54) is 0 Å². The van der Waals surface area contributed by atoms with Crippen molar-refractivity contribution in [3.63, 3.8) is 0 Å². The van der Waals surface area contributed by atoms with Crippen molar-refractivity contribution < 1.29 is 9.53 Å². The number of hydrogen-bond acceptors (Lipinski definition) is 4. The largest absolute Gasteiger partial charge is 0.381 e. The van der Waals surface area contributed by atoms with Gasteiger partial charge in [0.05, 0.1) is 6.54 Å². The molecule has 2 saturated heterocycles. The Morgan fingerprint density at radius 2 is 2.12 bits per heavy atom. The van der Waals surface area contributed by atoms with Gasteiger partial charge in [0.25, 0.3) is 0 Å². The molecule has 0 aromatic rings. The monoisotopic (exact) mass is 227 g/mol. The molecule has 2 heterocycles.